The van der Waals surface area contributed by atoms with Crippen molar-refractivity contribution in [2.24, 2.45) is 5.73 Å². The van der Waals surface area contributed by atoms with Crippen LogP contribution in [-0.2, 0) is 5.41 Å². The maximum atomic E-state index is 6.10. The van der Waals surface area contributed by atoms with Gasteiger partial charge in [-0.2, -0.15) is 0 Å². The quantitative estimate of drug-likeness (QED) is 0.843. The normalized spacial score (nSPS) is 23.1. The number of rotatable bonds is 3. The van der Waals surface area contributed by atoms with Crippen LogP contribution in [0.15, 0.2) is 22.7 Å². The Morgan fingerprint density at radius 1 is 1.11 bits per heavy atom. The molecule has 104 valence electrons. The minimum Gasteiger partial charge on any atom is -0.330 e. The van der Waals surface area contributed by atoms with Gasteiger partial charge in [0.05, 0.1) is 0 Å². The van der Waals surface area contributed by atoms with Gasteiger partial charge in [-0.3, -0.25) is 0 Å². The lowest BCUT2D eigenvalue weighted by molar-refractivity contribution is 0.452. The van der Waals surface area contributed by atoms with Crippen LogP contribution in [0.2, 0.25) is 0 Å². The summed E-state index contributed by atoms with van der Waals surface area (Å²) in [6, 6.07) is 7.09. The van der Waals surface area contributed by atoms with E-state index in [1.54, 1.807) is 0 Å². The molecule has 0 bridgehead atoms. The molecule has 3 rings (SSSR count). The van der Waals surface area contributed by atoms with Crippen LogP contribution in [0.25, 0.3) is 0 Å². The summed E-state index contributed by atoms with van der Waals surface area (Å²) in [5.41, 5.74) is 9.34. The van der Waals surface area contributed by atoms with Crippen LogP contribution in [0.4, 0.5) is 0 Å². The molecule has 2 saturated carbocycles. The number of hydrogen-bond acceptors (Lipinski definition) is 1. The summed E-state index contributed by atoms with van der Waals surface area (Å²) in [7, 11) is 0. The largest absolute Gasteiger partial charge is 0.330 e. The Hall–Kier alpha value is -0.340. The third-order valence-electron chi connectivity index (χ3n) is 5.36. The smallest absolute Gasteiger partial charge is 0.0213 e. The highest BCUT2D eigenvalue weighted by Gasteiger charge is 2.34. The Morgan fingerprint density at radius 3 is 2.37 bits per heavy atom. The summed E-state index contributed by atoms with van der Waals surface area (Å²) in [6.07, 6.45) is 10.7. The second-order valence-electron chi connectivity index (χ2n) is 6.41. The molecule has 0 amide bonds. The first-order valence-corrected chi connectivity index (χ1v) is 8.54. The molecule has 0 saturated heterocycles. The molecule has 0 atom stereocenters. The minimum atomic E-state index is 0.261. The molecule has 0 unspecified atom stereocenters. The zero-order valence-corrected chi connectivity index (χ0v) is 13.2. The Bertz CT molecular complexity index is 443. The molecule has 2 N–H and O–H groups in total. The second-order valence-corrected chi connectivity index (χ2v) is 7.26. The van der Waals surface area contributed by atoms with Crippen LogP contribution in [0.5, 0.6) is 0 Å². The summed E-state index contributed by atoms with van der Waals surface area (Å²) >= 11 is 3.82. The predicted molar refractivity (Wildman–Crippen MR) is 84.6 cm³/mol. The monoisotopic (exact) mass is 321 g/mol. The molecule has 2 aliphatic rings. The van der Waals surface area contributed by atoms with Crippen LogP contribution < -0.4 is 5.73 Å². The van der Waals surface area contributed by atoms with E-state index in [0.717, 1.165) is 12.5 Å². The van der Waals surface area contributed by atoms with E-state index in [-0.39, 0.29) is 5.41 Å². The predicted octanol–water partition coefficient (Wildman–Crippen LogP) is 4.88. The average molecular weight is 322 g/mol. The van der Waals surface area contributed by atoms with Crippen molar-refractivity contribution in [1.29, 1.82) is 0 Å². The molecule has 0 aliphatic heterocycles. The molecule has 1 nitrogen and oxygen atoms in total. The average Bonchev–Trinajstić information content (AvgIpc) is 3.11. The van der Waals surface area contributed by atoms with Crippen molar-refractivity contribution in [1.82, 2.24) is 0 Å². The highest BCUT2D eigenvalue weighted by molar-refractivity contribution is 9.10. The van der Waals surface area contributed by atoms with E-state index in [9.17, 15) is 0 Å². The van der Waals surface area contributed by atoms with Gasteiger partial charge in [-0.25, -0.2) is 0 Å². The molecule has 2 heteroatoms. The van der Waals surface area contributed by atoms with Gasteiger partial charge >= 0.3 is 0 Å². The van der Waals surface area contributed by atoms with E-state index in [1.807, 2.05) is 0 Å². The lowest BCUT2D eigenvalue weighted by atomic mass is 9.78. The fourth-order valence-electron chi connectivity index (χ4n) is 4.09. The van der Waals surface area contributed by atoms with Crippen molar-refractivity contribution >= 4 is 15.9 Å². The Labute approximate surface area is 125 Å². The molecule has 1 aromatic carbocycles. The number of benzene rings is 1. The highest BCUT2D eigenvalue weighted by atomic mass is 79.9. The van der Waals surface area contributed by atoms with Gasteiger partial charge in [-0.1, -0.05) is 53.7 Å². The van der Waals surface area contributed by atoms with Crippen molar-refractivity contribution in [3.05, 3.63) is 33.8 Å². The lowest BCUT2D eigenvalue weighted by Gasteiger charge is -2.29. The summed E-state index contributed by atoms with van der Waals surface area (Å²) in [4.78, 5) is 0. The van der Waals surface area contributed by atoms with E-state index in [4.69, 9.17) is 5.73 Å². The standard InChI is InChI=1S/C17H24BrN/c18-16-11-14(17(12-19)9-3-4-10-17)7-8-15(16)13-5-1-2-6-13/h7-8,11,13H,1-6,9-10,12,19H2. The Balaban J connectivity index is 1.90. The molecule has 0 aromatic heterocycles. The zero-order chi connectivity index (χ0) is 13.3. The SMILES string of the molecule is NCC1(c2ccc(C3CCCC3)c(Br)c2)CCCC1. The number of nitrogens with two attached hydrogens (primary N) is 1. The van der Waals surface area contributed by atoms with E-state index in [0.29, 0.717) is 0 Å². The summed E-state index contributed by atoms with van der Waals surface area (Å²) in [5.74, 6) is 0.779. The fraction of sp³-hybridized carbons (Fsp3) is 0.647. The fourth-order valence-corrected chi connectivity index (χ4v) is 4.79. The van der Waals surface area contributed by atoms with Crippen molar-refractivity contribution in [3.63, 3.8) is 0 Å². The van der Waals surface area contributed by atoms with Crippen molar-refractivity contribution in [3.8, 4) is 0 Å². The summed E-state index contributed by atoms with van der Waals surface area (Å²) in [6.45, 7) is 0.794. The first-order chi connectivity index (χ1) is 9.25. The minimum absolute atomic E-state index is 0.261. The van der Waals surface area contributed by atoms with E-state index >= 15 is 0 Å². The molecule has 1 aromatic rings. The van der Waals surface area contributed by atoms with Crippen LogP contribution >= 0.6 is 15.9 Å². The highest BCUT2D eigenvalue weighted by Crippen LogP contribution is 2.43. The summed E-state index contributed by atoms with van der Waals surface area (Å²) < 4.78 is 1.32. The maximum Gasteiger partial charge on any atom is 0.0213 e. The molecule has 0 radical (unpaired) electrons. The molecule has 0 heterocycles. The third-order valence-corrected chi connectivity index (χ3v) is 6.05. The topological polar surface area (TPSA) is 26.0 Å². The van der Waals surface area contributed by atoms with Crippen LogP contribution in [0.1, 0.15) is 68.4 Å². The molecule has 19 heavy (non-hydrogen) atoms. The van der Waals surface area contributed by atoms with Gasteiger partial charge in [0.25, 0.3) is 0 Å². The van der Waals surface area contributed by atoms with Crippen molar-refractivity contribution in [2.75, 3.05) is 6.54 Å². The Kier molecular flexibility index (Phi) is 4.00. The van der Waals surface area contributed by atoms with Gasteiger partial charge in [-0.05, 0) is 48.8 Å². The maximum absolute atomic E-state index is 6.10. The van der Waals surface area contributed by atoms with Gasteiger partial charge < -0.3 is 5.73 Å². The van der Waals surface area contributed by atoms with E-state index in [2.05, 4.69) is 34.1 Å². The van der Waals surface area contributed by atoms with Gasteiger partial charge in [0.1, 0.15) is 0 Å². The Morgan fingerprint density at radius 2 is 1.79 bits per heavy atom. The molecule has 2 fully saturated rings. The zero-order valence-electron chi connectivity index (χ0n) is 11.6. The van der Waals surface area contributed by atoms with Crippen LogP contribution in [-0.4, -0.2) is 6.54 Å². The van der Waals surface area contributed by atoms with Gasteiger partial charge in [-0.15, -0.1) is 0 Å². The van der Waals surface area contributed by atoms with E-state index in [1.165, 1.54) is 67.0 Å². The van der Waals surface area contributed by atoms with Crippen LogP contribution in [0.3, 0.4) is 0 Å². The third kappa shape index (κ3) is 2.50. The molecule has 0 spiro atoms. The van der Waals surface area contributed by atoms with Gasteiger partial charge in [0.2, 0.25) is 0 Å². The first-order valence-electron chi connectivity index (χ1n) is 7.75. The van der Waals surface area contributed by atoms with Crippen LogP contribution in [0, 0.1) is 0 Å². The molecular weight excluding hydrogens is 298 g/mol. The van der Waals surface area contributed by atoms with Gasteiger partial charge in [0, 0.05) is 16.4 Å². The molecular formula is C17H24BrN. The molecule has 2 aliphatic carbocycles. The lowest BCUT2D eigenvalue weighted by Crippen LogP contribution is -2.32. The summed E-state index contributed by atoms with van der Waals surface area (Å²) in [5, 5.41) is 0. The second kappa shape index (κ2) is 5.57. The number of hydrogen-bond donors (Lipinski definition) is 1. The van der Waals surface area contributed by atoms with E-state index < -0.39 is 0 Å². The van der Waals surface area contributed by atoms with Gasteiger partial charge in [0.15, 0.2) is 0 Å². The van der Waals surface area contributed by atoms with Crippen molar-refractivity contribution in [2.45, 2.75) is 62.7 Å². The number of halogens is 1. The first kappa shape index (κ1) is 13.6. The van der Waals surface area contributed by atoms with Crippen molar-refractivity contribution < 1.29 is 0 Å².